The van der Waals surface area contributed by atoms with Gasteiger partial charge in [0.05, 0.1) is 0 Å². The van der Waals surface area contributed by atoms with Gasteiger partial charge < -0.3 is 49.5 Å². The quantitative estimate of drug-likeness (QED) is 0.230. The second-order valence-electron chi connectivity index (χ2n) is 0.456. The van der Waals surface area contributed by atoms with Crippen molar-refractivity contribution in [1.82, 2.24) is 0 Å². The molecule has 0 aromatic heterocycles. The summed E-state index contributed by atoms with van der Waals surface area (Å²) in [6, 6.07) is 0. The van der Waals surface area contributed by atoms with Gasteiger partial charge in [-0.1, -0.05) is 32.4 Å². The van der Waals surface area contributed by atoms with Crippen LogP contribution in [0.3, 0.4) is 0 Å². The molecule has 5 N–H and O–H groups in total. The van der Waals surface area contributed by atoms with Gasteiger partial charge in [-0.15, -0.1) is 0 Å². The zero-order valence-electron chi connectivity index (χ0n) is 8.06. The summed E-state index contributed by atoms with van der Waals surface area (Å²) in [6.45, 7) is 2.50. The van der Waals surface area contributed by atoms with Crippen LogP contribution in [0, 0.1) is 0 Å². The second kappa shape index (κ2) is 205. The molecule has 0 bridgehead atoms. The van der Waals surface area contributed by atoms with Gasteiger partial charge in [0.15, 0.2) is 0 Å². The molecule has 0 aromatic rings. The maximum Gasteiger partial charge on any atom is 3.00 e. The molecule has 90 valence electrons. The smallest absolute Gasteiger partial charge is 0.665 e. The van der Waals surface area contributed by atoms with Crippen LogP contribution in [-0.4, -0.2) is 98.3 Å². The van der Waals surface area contributed by atoms with Crippen LogP contribution in [0.4, 0.5) is 0 Å². The van der Waals surface area contributed by atoms with Crippen LogP contribution < -0.4 is 0 Å². The molecule has 0 unspecified atom stereocenters. The molecule has 0 aliphatic carbocycles. The van der Waals surface area contributed by atoms with E-state index in [9.17, 15) is 0 Å². The van der Waals surface area contributed by atoms with Crippen molar-refractivity contribution in [2.24, 2.45) is 0 Å². The van der Waals surface area contributed by atoms with E-state index in [0.717, 1.165) is 0 Å². The van der Waals surface area contributed by atoms with Crippen LogP contribution in [0.25, 0.3) is 0 Å². The first-order valence-corrected chi connectivity index (χ1v) is 2.14. The molecule has 0 saturated carbocycles. The molecular weight excluding hydrogens is 271 g/mol. The molecule has 0 aliphatic rings. The van der Waals surface area contributed by atoms with E-state index in [0.29, 0.717) is 32.4 Å². The predicted octanol–water partition coefficient (Wildman–Crippen LogP) is -2.70. The first kappa shape index (κ1) is 44.9. The molecule has 17 heavy (non-hydrogen) atoms. The molecule has 10 nitrogen and oxygen atoms in total. The fourth-order valence-corrected chi connectivity index (χ4v) is 0. The van der Waals surface area contributed by atoms with Crippen molar-refractivity contribution in [2.45, 2.75) is 0 Å². The normalized spacial score (nSPS) is 3.53. The molecule has 0 radical (unpaired) electrons. The summed E-state index contributed by atoms with van der Waals surface area (Å²) in [5.41, 5.74) is 0. The van der Waals surface area contributed by atoms with Gasteiger partial charge in [-0.05, 0) is 0 Å². The maximum absolute atomic E-state index is 8.24. The molecule has 0 spiro atoms. The number of hydrogen-bond acceptors (Lipinski definition) is 5. The number of aliphatic hydroxyl groups excluding tert-OH is 5. The van der Waals surface area contributed by atoms with E-state index in [1.807, 2.05) is 0 Å². The molecule has 0 atom stereocenters. The van der Waals surface area contributed by atoms with E-state index < -0.39 is 0 Å². The van der Waals surface area contributed by atoms with Crippen LogP contribution >= 0.6 is 0 Å². The minimum Gasteiger partial charge on any atom is -0.665 e. The maximum atomic E-state index is 8.24. The van der Waals surface area contributed by atoms with Crippen LogP contribution in [0.15, 0.2) is 0 Å². The Morgan fingerprint density at radius 1 is 0.471 bits per heavy atom. The Labute approximate surface area is 122 Å². The zero-order valence-corrected chi connectivity index (χ0v) is 10.6. The summed E-state index contributed by atoms with van der Waals surface area (Å²) in [7, 11) is 0. The summed E-state index contributed by atoms with van der Waals surface area (Å²) in [4.78, 5) is 41.2. The first-order chi connectivity index (χ1) is 7.07. The van der Waals surface area contributed by atoms with Gasteiger partial charge in [0, 0.05) is 0 Å². The molecule has 0 heterocycles. The Balaban J connectivity index is -0.0000000143. The van der Waals surface area contributed by atoms with Gasteiger partial charge in [-0.2, -0.15) is 0 Å². The second-order valence-corrected chi connectivity index (χ2v) is 0.456. The summed E-state index contributed by atoms with van der Waals surface area (Å²) >= 11 is 0. The molecule has 0 amide bonds. The van der Waals surface area contributed by atoms with Crippen molar-refractivity contribution < 1.29 is 49.5 Å². The van der Waals surface area contributed by atoms with E-state index in [2.05, 4.69) is 0 Å². The summed E-state index contributed by atoms with van der Waals surface area (Å²) in [5, 5.41) is 33.8. The van der Waals surface area contributed by atoms with Crippen LogP contribution in [0.5, 0.6) is 0 Å². The number of rotatable bonds is 0. The SMILES string of the molecule is O=[C-]O.O=[C-]O.O=[C-]O.O=[C-]O.O=[C-]O.[Al+3].[Mg+2]. The van der Waals surface area contributed by atoms with Crippen molar-refractivity contribution in [1.29, 1.82) is 0 Å². The van der Waals surface area contributed by atoms with Crippen molar-refractivity contribution in [2.75, 3.05) is 0 Å². The topological polar surface area (TPSA) is 186 Å². The van der Waals surface area contributed by atoms with Crippen LogP contribution in [-0.2, 0) is 24.0 Å². The molecule has 0 aliphatic heterocycles. The Kier molecular flexibility index (Phi) is 541. The number of hydrogen-bond donors (Lipinski definition) is 5. The average molecular weight is 276 g/mol. The van der Waals surface area contributed by atoms with Gasteiger partial charge in [-0.3, -0.25) is 0 Å². The van der Waals surface area contributed by atoms with E-state index >= 15 is 0 Å². The van der Waals surface area contributed by atoms with E-state index in [-0.39, 0.29) is 40.4 Å². The molecule has 0 fully saturated rings. The molecule has 0 rings (SSSR count). The average Bonchev–Trinajstić information content (AvgIpc) is 2.09. The summed E-state index contributed by atoms with van der Waals surface area (Å²) in [5.74, 6) is 0. The van der Waals surface area contributed by atoms with Crippen molar-refractivity contribution in [3.8, 4) is 0 Å². The summed E-state index contributed by atoms with van der Waals surface area (Å²) < 4.78 is 0. The van der Waals surface area contributed by atoms with Gasteiger partial charge in [0.1, 0.15) is 0 Å². The van der Waals surface area contributed by atoms with E-state index in [1.54, 1.807) is 0 Å². The Morgan fingerprint density at radius 2 is 0.471 bits per heavy atom. The van der Waals surface area contributed by atoms with Crippen molar-refractivity contribution in [3.05, 3.63) is 0 Å². The Morgan fingerprint density at radius 3 is 0.471 bits per heavy atom. The third kappa shape index (κ3) is 1280. The van der Waals surface area contributed by atoms with E-state index in [1.165, 1.54) is 0 Å². The summed E-state index contributed by atoms with van der Waals surface area (Å²) in [6.07, 6.45) is 0. The minimum atomic E-state index is 0. The van der Waals surface area contributed by atoms with Crippen molar-refractivity contribution in [3.63, 3.8) is 0 Å². The van der Waals surface area contributed by atoms with Gasteiger partial charge in [0.25, 0.3) is 0 Å². The fourth-order valence-electron chi connectivity index (χ4n) is 0. The van der Waals surface area contributed by atoms with Gasteiger partial charge >= 0.3 is 40.4 Å². The van der Waals surface area contributed by atoms with Gasteiger partial charge in [-0.25, -0.2) is 0 Å². The third-order valence-electron chi connectivity index (χ3n) is 0. The zero-order chi connectivity index (χ0) is 13.5. The minimum absolute atomic E-state index is 0. The Bertz CT molecular complexity index is 97.0. The first-order valence-electron chi connectivity index (χ1n) is 2.14. The van der Waals surface area contributed by atoms with Crippen LogP contribution in [0.1, 0.15) is 0 Å². The fraction of sp³-hybridized carbons (Fsp3) is 0. The monoisotopic (exact) mass is 276 g/mol. The van der Waals surface area contributed by atoms with E-state index in [4.69, 9.17) is 49.5 Å². The molecule has 0 saturated heterocycles. The van der Waals surface area contributed by atoms with Crippen molar-refractivity contribution >= 4 is 72.8 Å². The molecular formula is C5H5AlMgO10. The molecule has 12 heteroatoms. The largest absolute Gasteiger partial charge is 3.00 e. The van der Waals surface area contributed by atoms with Gasteiger partial charge in [0.2, 0.25) is 0 Å². The standard InChI is InChI=1S/5CHO2.Al.Mg/c5*2-1-3;;/h5*(H,2,3);;/q5*-1;+3;+2. The van der Waals surface area contributed by atoms with Crippen LogP contribution in [0.2, 0.25) is 0 Å². The predicted molar refractivity (Wildman–Crippen MR) is 53.1 cm³/mol. The Hall–Kier alpha value is -1.35. The third-order valence-corrected chi connectivity index (χ3v) is 0. The molecule has 0 aromatic carbocycles.